The lowest BCUT2D eigenvalue weighted by Crippen LogP contribution is -2.40. The number of rotatable bonds is 8. The molecule has 0 amide bonds. The van der Waals surface area contributed by atoms with Gasteiger partial charge in [0.2, 0.25) is 5.43 Å². The minimum Gasteiger partial charge on any atom is -0.456 e. The lowest BCUT2D eigenvalue weighted by atomic mass is 9.78. The molecule has 16 heteroatoms. The van der Waals surface area contributed by atoms with E-state index in [9.17, 15) is 63.6 Å². The van der Waals surface area contributed by atoms with Gasteiger partial charge in [-0.05, 0) is 154 Å². The van der Waals surface area contributed by atoms with Crippen molar-refractivity contribution in [2.45, 2.75) is 151 Å². The second kappa shape index (κ2) is 27.2. The van der Waals surface area contributed by atoms with Crippen LogP contribution in [0.25, 0.3) is 63.9 Å². The highest BCUT2D eigenvalue weighted by molar-refractivity contribution is 7.24. The second-order valence-electron chi connectivity index (χ2n) is 26.7. The minimum atomic E-state index is -1.36. The predicted molar refractivity (Wildman–Crippen MR) is 377 cm³/mol. The third-order valence-electron chi connectivity index (χ3n) is 20.2. The molecule has 5 N–H and O–H groups in total. The van der Waals surface area contributed by atoms with E-state index in [0.29, 0.717) is 139 Å². The fraction of sp³-hybridized carbons (Fsp3) is 0.296. The predicted octanol–water partition coefficient (Wildman–Crippen LogP) is 15.0. The Balaban J connectivity index is 0.000000117. The summed E-state index contributed by atoms with van der Waals surface area (Å²) >= 11 is 1.55. The number of aliphatic hydroxyl groups is 4. The molecule has 492 valence electrons. The highest BCUT2D eigenvalue weighted by Crippen LogP contribution is 2.38. The van der Waals surface area contributed by atoms with Crippen LogP contribution in [-0.2, 0) is 0 Å². The molecular weight excluding hydrogens is 1240 g/mol. The van der Waals surface area contributed by atoms with Crippen molar-refractivity contribution in [3.63, 3.8) is 0 Å². The van der Waals surface area contributed by atoms with Crippen molar-refractivity contribution < 1.29 is 53.6 Å². The third kappa shape index (κ3) is 12.9. The molecule has 8 aromatic carbocycles. The highest BCUT2D eigenvalue weighted by atomic mass is 32.1. The Hall–Kier alpha value is -9.55. The Labute approximate surface area is 561 Å². The first kappa shape index (κ1) is 66.1. The van der Waals surface area contributed by atoms with E-state index >= 15 is 0 Å². The van der Waals surface area contributed by atoms with Gasteiger partial charge in [0.25, 0.3) is 0 Å². The number of carbonyl (C=O) groups is 6. The van der Waals surface area contributed by atoms with E-state index in [1.165, 1.54) is 12.1 Å². The molecule has 0 spiro atoms. The molecule has 11 aromatic rings. The number of aromatic nitrogens is 1. The maximum absolute atomic E-state index is 12.8. The van der Waals surface area contributed by atoms with E-state index in [2.05, 4.69) is 4.98 Å². The van der Waals surface area contributed by atoms with Crippen LogP contribution in [0.2, 0.25) is 0 Å². The lowest BCUT2D eigenvalue weighted by molar-refractivity contribution is 0.0116. The molecule has 0 bridgehead atoms. The molecule has 0 atom stereocenters. The Morgan fingerprint density at radius 1 is 0.320 bits per heavy atom. The normalized spacial score (nSPS) is 17.5. The van der Waals surface area contributed by atoms with Crippen molar-refractivity contribution in [3.8, 4) is 0 Å². The van der Waals surface area contributed by atoms with Crippen molar-refractivity contribution >= 4 is 110 Å². The molecule has 5 aliphatic rings. The number of benzene rings is 8. The zero-order valence-electron chi connectivity index (χ0n) is 53.6. The molecule has 0 saturated heterocycles. The first-order valence-corrected chi connectivity index (χ1v) is 34.5. The summed E-state index contributed by atoms with van der Waals surface area (Å²) in [6.07, 6.45) is 14.8. The van der Waals surface area contributed by atoms with Crippen molar-refractivity contribution in [1.82, 2.24) is 4.98 Å². The van der Waals surface area contributed by atoms with Gasteiger partial charge in [-0.3, -0.25) is 43.2 Å². The number of aromatic amines is 1. The number of nitrogens with one attached hydrogen (secondary N) is 1. The zero-order valence-corrected chi connectivity index (χ0v) is 54.4. The van der Waals surface area contributed by atoms with Crippen LogP contribution in [0.1, 0.15) is 202 Å². The van der Waals surface area contributed by atoms with Crippen LogP contribution in [-0.4, -0.2) is 82.5 Å². The average molecular weight is 1320 g/mol. The smallest absolute Gasteiger partial charge is 0.200 e. The summed E-state index contributed by atoms with van der Waals surface area (Å²) in [5.41, 5.74) is -0.226. The quantitative estimate of drug-likeness (QED) is 0.0700. The number of ketones is 6. The van der Waals surface area contributed by atoms with Gasteiger partial charge in [0.15, 0.2) is 45.6 Å². The summed E-state index contributed by atoms with van der Waals surface area (Å²) in [5, 5.41) is 45.9. The van der Waals surface area contributed by atoms with Crippen LogP contribution < -0.4 is 16.3 Å². The topological polar surface area (TPSA) is 263 Å². The van der Waals surface area contributed by atoms with Gasteiger partial charge in [0, 0.05) is 86.5 Å². The van der Waals surface area contributed by atoms with Gasteiger partial charge in [-0.15, -0.1) is 11.3 Å². The molecule has 4 fully saturated rings. The SMILES string of the molecule is O=C(c1ccc2[nH]c3ccccc3c(=O)c2c1)C1(O)CCCCC1.O=C(c1ccc2oc3ccccc3c(=O)c2c1)C1(O)CCCCC1.O=C(c1ccc2sc3ccccc3c(=O)c2c1)C1(O)CCCCC1.O=C1c2ccccc2C(=O)c2cc(C(=O)C3(O)CCCCC3)ccc21. The van der Waals surface area contributed by atoms with Crippen LogP contribution in [0, 0.1) is 0 Å². The number of pyridine rings is 1. The summed E-state index contributed by atoms with van der Waals surface area (Å²) in [7, 11) is 0. The summed E-state index contributed by atoms with van der Waals surface area (Å²) in [4.78, 5) is 118. The molecule has 0 unspecified atom stereocenters. The summed E-state index contributed by atoms with van der Waals surface area (Å²) in [6, 6.07) is 48.3. The van der Waals surface area contributed by atoms with E-state index in [1.807, 2.05) is 54.6 Å². The first-order chi connectivity index (χ1) is 46.8. The Morgan fingerprint density at radius 3 is 1.24 bits per heavy atom. The molecule has 0 aliphatic heterocycles. The minimum absolute atomic E-state index is 0.0513. The second-order valence-corrected chi connectivity index (χ2v) is 27.8. The Kier molecular flexibility index (Phi) is 18.5. The maximum atomic E-state index is 12.8. The first-order valence-electron chi connectivity index (χ1n) is 33.6. The fourth-order valence-corrected chi connectivity index (χ4v) is 15.8. The van der Waals surface area contributed by atoms with Crippen LogP contribution in [0.3, 0.4) is 0 Å². The van der Waals surface area contributed by atoms with E-state index in [0.717, 1.165) is 92.0 Å². The van der Waals surface area contributed by atoms with Gasteiger partial charge in [0.05, 0.1) is 10.8 Å². The van der Waals surface area contributed by atoms with Crippen LogP contribution in [0.5, 0.6) is 0 Å². The van der Waals surface area contributed by atoms with Gasteiger partial charge >= 0.3 is 0 Å². The number of hydrogen-bond acceptors (Lipinski definition) is 15. The van der Waals surface area contributed by atoms with Gasteiger partial charge in [-0.25, -0.2) is 0 Å². The Bertz CT molecular complexity index is 4790. The van der Waals surface area contributed by atoms with E-state index in [4.69, 9.17) is 4.42 Å². The van der Waals surface area contributed by atoms with E-state index in [1.54, 1.807) is 114 Å². The average Bonchev–Trinajstić information content (AvgIpc) is 0.758. The van der Waals surface area contributed by atoms with Crippen molar-refractivity contribution in [2.75, 3.05) is 0 Å². The third-order valence-corrected chi connectivity index (χ3v) is 21.4. The molecule has 5 aliphatic carbocycles. The van der Waals surface area contributed by atoms with Crippen molar-refractivity contribution in [2.24, 2.45) is 0 Å². The fourth-order valence-electron chi connectivity index (χ4n) is 14.7. The standard InChI is InChI=1S/C21H18O4.C20H19NO3.C20H18O4.C20H18O3S/c22-18-14-6-2-3-7-15(14)19(23)17-12-13(8-9-16(17)18)20(24)21(25)10-4-1-5-11-21;22-18-14-6-2-3-7-16(14)21-17-9-8-13(12-15(17)18)19(23)20(24)10-4-1-5-11-20;2*21-18-14-6-2-3-7-16(14)24-17-9-8-13(12-15(17)18)19(22)20(23)10-4-1-5-11-20/h2-3,6-9,12,25H,1,4-5,10-11H2;2-3,6-9,12,24H,1,4-5,10-11H2,(H,21,22);2*2-3,6-9,12,23H,1,4-5,10-11H2. The largest absolute Gasteiger partial charge is 0.456 e. The van der Waals surface area contributed by atoms with Crippen LogP contribution >= 0.6 is 11.3 Å². The zero-order chi connectivity index (χ0) is 67.8. The highest BCUT2D eigenvalue weighted by Gasteiger charge is 2.42. The lowest BCUT2D eigenvalue weighted by Gasteiger charge is -2.30. The number of fused-ring (bicyclic) bond motifs is 8. The summed E-state index contributed by atoms with van der Waals surface area (Å²) in [5.74, 6) is -1.62. The molecule has 3 aromatic heterocycles. The van der Waals surface area contributed by atoms with Crippen molar-refractivity contribution in [1.29, 1.82) is 0 Å². The summed E-state index contributed by atoms with van der Waals surface area (Å²) < 4.78 is 7.57. The van der Waals surface area contributed by atoms with Crippen LogP contribution in [0.4, 0.5) is 0 Å². The number of hydrogen-bond donors (Lipinski definition) is 5. The van der Waals surface area contributed by atoms with Crippen molar-refractivity contribution in [3.05, 3.63) is 245 Å². The van der Waals surface area contributed by atoms with Crippen LogP contribution in [0.15, 0.2) is 189 Å². The molecule has 16 rings (SSSR count). The summed E-state index contributed by atoms with van der Waals surface area (Å²) in [6.45, 7) is 0. The van der Waals surface area contributed by atoms with Gasteiger partial charge in [0.1, 0.15) is 33.6 Å². The molecule has 4 saturated carbocycles. The van der Waals surface area contributed by atoms with Gasteiger partial charge in [-0.1, -0.05) is 144 Å². The number of Topliss-reactive ketones (excluding diaryl/α,β-unsaturated/α-hetero) is 4. The molecular formula is C81H73NO14S. The van der Waals surface area contributed by atoms with E-state index < -0.39 is 22.4 Å². The molecule has 0 radical (unpaired) electrons. The van der Waals surface area contributed by atoms with E-state index in [-0.39, 0.29) is 56.5 Å². The molecule has 97 heavy (non-hydrogen) atoms. The molecule has 3 heterocycles. The monoisotopic (exact) mass is 1320 g/mol. The molecule has 15 nitrogen and oxygen atoms in total. The maximum Gasteiger partial charge on any atom is 0.200 e. The number of carbonyl (C=O) groups excluding carboxylic acids is 6. The van der Waals surface area contributed by atoms with Gasteiger partial charge in [-0.2, -0.15) is 0 Å². The number of para-hydroxylation sites is 2. The number of H-pyrrole nitrogens is 1. The Morgan fingerprint density at radius 2 is 0.680 bits per heavy atom. The van der Waals surface area contributed by atoms with Gasteiger partial charge < -0.3 is 29.8 Å².